The number of rotatable bonds is 34. The second kappa shape index (κ2) is 29.8. The summed E-state index contributed by atoms with van der Waals surface area (Å²) in [4.78, 5) is 53.3. The maximum atomic E-state index is 13.3. The summed E-state index contributed by atoms with van der Waals surface area (Å²) in [6, 6.07) is 0. The normalized spacial score (nSPS) is 22.0. The molecule has 0 aliphatic heterocycles. The van der Waals surface area contributed by atoms with Crippen molar-refractivity contribution in [2.45, 2.75) is 195 Å². The van der Waals surface area contributed by atoms with Gasteiger partial charge in [-0.15, -0.1) is 0 Å². The van der Waals surface area contributed by atoms with E-state index < -0.39 is 12.1 Å². The maximum Gasteiger partial charge on any atom is 0.508 e. The molecule has 0 heterocycles. The summed E-state index contributed by atoms with van der Waals surface area (Å²) in [6.45, 7) is 12.1. The van der Waals surface area contributed by atoms with Crippen LogP contribution in [-0.2, 0) is 38.1 Å². The molecular formula is C48H85NO9. The molecule has 58 heavy (non-hydrogen) atoms. The second-order valence-electron chi connectivity index (χ2n) is 18.5. The Morgan fingerprint density at radius 3 is 1.66 bits per heavy atom. The third-order valence-electron chi connectivity index (χ3n) is 13.3. The zero-order chi connectivity index (χ0) is 41.9. The Labute approximate surface area is 353 Å². The molecule has 0 radical (unpaired) electrons. The number of esters is 3. The predicted molar refractivity (Wildman–Crippen MR) is 229 cm³/mol. The highest BCUT2D eigenvalue weighted by Gasteiger charge is 2.48. The molecule has 4 aliphatic rings. The highest BCUT2D eigenvalue weighted by Crippen LogP contribution is 2.58. The van der Waals surface area contributed by atoms with Gasteiger partial charge in [-0.25, -0.2) is 4.79 Å². The Bertz CT molecular complexity index is 1130. The fraction of sp³-hybridized carbons (Fsp3) is 0.917. The van der Waals surface area contributed by atoms with Crippen molar-refractivity contribution in [2.75, 3.05) is 52.7 Å². The lowest BCUT2D eigenvalue weighted by atomic mass is 9.60. The lowest BCUT2D eigenvalue weighted by Crippen LogP contribution is -2.36. The number of carbonyl (C=O) groups is 4. The molecule has 4 unspecified atom stereocenters. The fourth-order valence-electron chi connectivity index (χ4n) is 10.1. The molecule has 4 rings (SSSR count). The fourth-order valence-corrected chi connectivity index (χ4v) is 10.1. The van der Waals surface area contributed by atoms with E-state index in [2.05, 4.69) is 32.6 Å². The van der Waals surface area contributed by atoms with E-state index in [-0.39, 0.29) is 56.2 Å². The molecule has 0 aromatic rings. The third-order valence-corrected chi connectivity index (χ3v) is 13.3. The third kappa shape index (κ3) is 21.2. The van der Waals surface area contributed by atoms with E-state index in [1.807, 2.05) is 0 Å². The van der Waals surface area contributed by atoms with Gasteiger partial charge in [0.2, 0.25) is 0 Å². The number of unbranched alkanes of at least 4 members (excludes halogenated alkanes) is 10. The Hall–Kier alpha value is -2.36. The summed E-state index contributed by atoms with van der Waals surface area (Å²) in [5, 5.41) is 0. The number of carbonyl (C=O) groups excluding carboxylic acids is 4. The summed E-state index contributed by atoms with van der Waals surface area (Å²) in [5.41, 5.74) is 0.0452. The van der Waals surface area contributed by atoms with E-state index in [1.54, 1.807) is 0 Å². The van der Waals surface area contributed by atoms with Crippen molar-refractivity contribution in [3.05, 3.63) is 0 Å². The van der Waals surface area contributed by atoms with Gasteiger partial charge in [0.15, 0.2) is 0 Å². The van der Waals surface area contributed by atoms with Gasteiger partial charge in [-0.2, -0.15) is 0 Å². The van der Waals surface area contributed by atoms with Crippen LogP contribution in [0.15, 0.2) is 0 Å². The van der Waals surface area contributed by atoms with E-state index >= 15 is 0 Å². The van der Waals surface area contributed by atoms with E-state index in [4.69, 9.17) is 23.7 Å². The molecule has 10 nitrogen and oxygen atoms in total. The quantitative estimate of drug-likeness (QED) is 0.0353. The zero-order valence-corrected chi connectivity index (χ0v) is 37.5. The van der Waals surface area contributed by atoms with Crippen LogP contribution in [0.1, 0.15) is 195 Å². The number of ether oxygens (including phenoxy) is 5. The summed E-state index contributed by atoms with van der Waals surface area (Å²) in [6.07, 6.45) is 26.3. The number of fused-ring (bicyclic) bond motifs is 1. The van der Waals surface area contributed by atoms with Gasteiger partial charge in [-0.05, 0) is 119 Å². The van der Waals surface area contributed by atoms with Gasteiger partial charge in [-0.3, -0.25) is 14.4 Å². The minimum atomic E-state index is -0.773. The Kier molecular flexibility index (Phi) is 25.7. The number of nitrogens with zero attached hydrogens (tertiary/aromatic N) is 1. The van der Waals surface area contributed by atoms with E-state index in [1.165, 1.54) is 89.9 Å². The topological polar surface area (TPSA) is 118 Å². The Morgan fingerprint density at radius 1 is 0.552 bits per heavy atom. The minimum Gasteiger partial charge on any atom is -0.465 e. The van der Waals surface area contributed by atoms with E-state index in [9.17, 15) is 19.2 Å². The van der Waals surface area contributed by atoms with E-state index in [0.717, 1.165) is 75.9 Å². The van der Waals surface area contributed by atoms with Crippen molar-refractivity contribution in [1.29, 1.82) is 0 Å². The molecule has 0 amide bonds. The standard InChI is InChI=1S/C48H85NO9/c1-5-9-11-13-14-17-22-39(21-16-12-10-6-2)35-55-44(50)23-18-15-19-24-45(51)56-36-43(38-58-47(53)54-28-20-27-49(7-3)8-4)37-57-46(52)34-48-26-25-40-29-41(32-48)31-42(30-40)33-48/h39-43H,5-38H2,1-4H3. The smallest absolute Gasteiger partial charge is 0.465 e. The van der Waals surface area contributed by atoms with Gasteiger partial charge in [0.05, 0.1) is 25.6 Å². The average molecular weight is 820 g/mol. The van der Waals surface area contributed by atoms with Gasteiger partial charge in [0.1, 0.15) is 19.8 Å². The SMILES string of the molecule is CCCCCCCCC(CCCCCC)COC(=O)CCCCCC(=O)OCC(COC(=O)CC12CCC3CC(CC(C3)C1)C2)COC(=O)OCCCN(CC)CC. The number of hydrogen-bond acceptors (Lipinski definition) is 10. The van der Waals surface area contributed by atoms with Gasteiger partial charge >= 0.3 is 24.1 Å². The van der Waals surface area contributed by atoms with Crippen LogP contribution in [0.3, 0.4) is 0 Å². The molecule has 0 aromatic carbocycles. The van der Waals surface area contributed by atoms with Crippen LogP contribution >= 0.6 is 0 Å². The summed E-state index contributed by atoms with van der Waals surface area (Å²) in [7, 11) is 0. The van der Waals surface area contributed by atoms with Crippen LogP contribution in [0.5, 0.6) is 0 Å². The van der Waals surface area contributed by atoms with Crippen LogP contribution < -0.4 is 0 Å². The molecule has 10 heteroatoms. The Morgan fingerprint density at radius 2 is 1.05 bits per heavy atom. The maximum absolute atomic E-state index is 13.3. The molecule has 336 valence electrons. The van der Waals surface area contributed by atoms with Crippen molar-refractivity contribution in [3.8, 4) is 0 Å². The van der Waals surface area contributed by atoms with Crippen LogP contribution in [0.2, 0.25) is 0 Å². The second-order valence-corrected chi connectivity index (χ2v) is 18.5. The number of hydrogen-bond donors (Lipinski definition) is 0. The van der Waals surface area contributed by atoms with Gasteiger partial charge < -0.3 is 28.6 Å². The largest absolute Gasteiger partial charge is 0.508 e. The molecule has 4 aliphatic carbocycles. The zero-order valence-electron chi connectivity index (χ0n) is 37.5. The summed E-state index contributed by atoms with van der Waals surface area (Å²) >= 11 is 0. The summed E-state index contributed by atoms with van der Waals surface area (Å²) in [5.74, 6) is 1.52. The molecule has 4 bridgehead atoms. The predicted octanol–water partition coefficient (Wildman–Crippen LogP) is 11.4. The van der Waals surface area contributed by atoms with Crippen molar-refractivity contribution in [1.82, 2.24) is 4.90 Å². The van der Waals surface area contributed by atoms with Gasteiger partial charge in [0, 0.05) is 19.4 Å². The first-order valence-electron chi connectivity index (χ1n) is 24.2. The minimum absolute atomic E-state index is 0.00752. The van der Waals surface area contributed by atoms with Crippen molar-refractivity contribution < 1.29 is 42.9 Å². The molecule has 0 spiro atoms. The van der Waals surface area contributed by atoms with Crippen LogP contribution in [0.4, 0.5) is 4.79 Å². The van der Waals surface area contributed by atoms with Crippen LogP contribution in [-0.4, -0.2) is 81.6 Å². The highest BCUT2D eigenvalue weighted by atomic mass is 16.7. The Balaban J connectivity index is 1.36. The van der Waals surface area contributed by atoms with Crippen molar-refractivity contribution >= 4 is 24.1 Å². The van der Waals surface area contributed by atoms with Crippen LogP contribution in [0.25, 0.3) is 0 Å². The summed E-state index contributed by atoms with van der Waals surface area (Å²) < 4.78 is 27.9. The molecule has 4 saturated carbocycles. The first kappa shape index (κ1) is 50.0. The molecule has 4 fully saturated rings. The lowest BCUT2D eigenvalue weighted by molar-refractivity contribution is -0.152. The molecule has 0 aromatic heterocycles. The molecule has 4 atom stereocenters. The van der Waals surface area contributed by atoms with Gasteiger partial charge in [-0.1, -0.05) is 98.3 Å². The average Bonchev–Trinajstić information content (AvgIpc) is 3.41. The van der Waals surface area contributed by atoms with Gasteiger partial charge in [0.25, 0.3) is 0 Å². The van der Waals surface area contributed by atoms with Crippen molar-refractivity contribution in [3.63, 3.8) is 0 Å². The molecule has 0 saturated heterocycles. The highest BCUT2D eigenvalue weighted by molar-refractivity contribution is 5.71. The van der Waals surface area contributed by atoms with Crippen LogP contribution in [0, 0.1) is 35.0 Å². The van der Waals surface area contributed by atoms with E-state index in [0.29, 0.717) is 44.6 Å². The first-order valence-corrected chi connectivity index (χ1v) is 24.2. The molecule has 0 N–H and O–H groups in total. The first-order chi connectivity index (χ1) is 28.2. The monoisotopic (exact) mass is 820 g/mol. The lowest BCUT2D eigenvalue weighted by Gasteiger charge is -2.45. The van der Waals surface area contributed by atoms with Crippen molar-refractivity contribution in [2.24, 2.45) is 35.0 Å². The molecular weight excluding hydrogens is 735 g/mol.